The summed E-state index contributed by atoms with van der Waals surface area (Å²) in [6.07, 6.45) is 2.60. The first-order valence-electron chi connectivity index (χ1n) is 8.29. The van der Waals surface area contributed by atoms with Crippen LogP contribution in [0.3, 0.4) is 0 Å². The van der Waals surface area contributed by atoms with E-state index >= 15 is 0 Å². The van der Waals surface area contributed by atoms with Gasteiger partial charge in [-0.15, -0.1) is 0 Å². The van der Waals surface area contributed by atoms with Gasteiger partial charge in [0.25, 0.3) is 0 Å². The number of hydrogen-bond acceptors (Lipinski definition) is 3. The van der Waals surface area contributed by atoms with E-state index in [1.54, 1.807) is 0 Å². The summed E-state index contributed by atoms with van der Waals surface area (Å²) >= 11 is 0. The Morgan fingerprint density at radius 3 is 2.64 bits per heavy atom. The van der Waals surface area contributed by atoms with Crippen molar-refractivity contribution in [1.29, 1.82) is 0 Å². The molecule has 2 amide bonds. The van der Waals surface area contributed by atoms with Crippen molar-refractivity contribution >= 4 is 11.7 Å². The van der Waals surface area contributed by atoms with E-state index in [0.29, 0.717) is 18.6 Å². The molecule has 118 valence electrons. The van der Waals surface area contributed by atoms with Crippen molar-refractivity contribution in [2.24, 2.45) is 0 Å². The van der Waals surface area contributed by atoms with Crippen LogP contribution in [0.15, 0.2) is 24.3 Å². The number of amides is 2. The minimum Gasteiger partial charge on any atom is -0.323 e. The number of benzene rings is 1. The van der Waals surface area contributed by atoms with E-state index in [4.69, 9.17) is 0 Å². The highest BCUT2D eigenvalue weighted by atomic mass is 16.2. The average Bonchev–Trinajstić information content (AvgIpc) is 2.86. The standard InChI is InChI=1S/C17H24N4O/c1-19-10-13-4-2-3-5-16(13)21(17(19)22)9-8-20-11-14-6-7-15(12-20)18-14/h2-5,14-15,18H,6-12H2,1H3. The summed E-state index contributed by atoms with van der Waals surface area (Å²) in [7, 11) is 1.89. The van der Waals surface area contributed by atoms with Crippen LogP contribution in [0.5, 0.6) is 0 Å². The summed E-state index contributed by atoms with van der Waals surface area (Å²) in [6.45, 7) is 4.69. The highest BCUT2D eigenvalue weighted by Gasteiger charge is 2.33. The second kappa shape index (κ2) is 5.56. The number of likely N-dealkylation sites (tertiary alicyclic amines) is 1. The molecular weight excluding hydrogens is 276 g/mol. The van der Waals surface area contributed by atoms with E-state index in [-0.39, 0.29) is 6.03 Å². The first-order chi connectivity index (χ1) is 10.7. The van der Waals surface area contributed by atoms with Gasteiger partial charge in [-0.2, -0.15) is 0 Å². The maximum Gasteiger partial charge on any atom is 0.324 e. The quantitative estimate of drug-likeness (QED) is 0.919. The molecule has 2 bridgehead atoms. The summed E-state index contributed by atoms with van der Waals surface area (Å²) in [4.78, 5) is 18.8. The zero-order valence-corrected chi connectivity index (χ0v) is 13.2. The van der Waals surface area contributed by atoms with Crippen LogP contribution >= 0.6 is 0 Å². The van der Waals surface area contributed by atoms with E-state index in [2.05, 4.69) is 28.4 Å². The van der Waals surface area contributed by atoms with Crippen molar-refractivity contribution in [2.75, 3.05) is 38.1 Å². The molecule has 1 aromatic carbocycles. The molecule has 5 nitrogen and oxygen atoms in total. The molecule has 0 aromatic heterocycles. The molecule has 1 aromatic rings. The van der Waals surface area contributed by atoms with Crippen molar-refractivity contribution < 1.29 is 4.79 Å². The summed E-state index contributed by atoms with van der Waals surface area (Å²) in [5.74, 6) is 0. The molecule has 0 aliphatic carbocycles. The molecule has 22 heavy (non-hydrogen) atoms. The van der Waals surface area contributed by atoms with E-state index < -0.39 is 0 Å². The molecule has 3 aliphatic heterocycles. The number of anilines is 1. The number of nitrogens with one attached hydrogen (secondary N) is 1. The van der Waals surface area contributed by atoms with E-state index in [9.17, 15) is 4.79 Å². The molecule has 2 saturated heterocycles. The molecule has 2 atom stereocenters. The lowest BCUT2D eigenvalue weighted by atomic mass is 10.1. The number of carbonyl (C=O) groups is 1. The third-order valence-corrected chi connectivity index (χ3v) is 5.18. The van der Waals surface area contributed by atoms with Gasteiger partial charge in [-0.3, -0.25) is 9.80 Å². The minimum atomic E-state index is 0.122. The van der Waals surface area contributed by atoms with Crippen molar-refractivity contribution in [3.8, 4) is 0 Å². The molecule has 2 fully saturated rings. The molecule has 4 rings (SSSR count). The predicted octanol–water partition coefficient (Wildman–Crippen LogP) is 1.49. The smallest absolute Gasteiger partial charge is 0.323 e. The van der Waals surface area contributed by atoms with E-state index in [0.717, 1.165) is 31.9 Å². The molecule has 0 saturated carbocycles. The SMILES string of the molecule is CN1Cc2ccccc2N(CCN2CC3CCC(C2)N3)C1=O. The van der Waals surface area contributed by atoms with Crippen molar-refractivity contribution in [3.05, 3.63) is 29.8 Å². The Bertz CT molecular complexity index is 564. The zero-order chi connectivity index (χ0) is 15.1. The lowest BCUT2D eigenvalue weighted by Gasteiger charge is -2.38. The van der Waals surface area contributed by atoms with Gasteiger partial charge < -0.3 is 10.2 Å². The van der Waals surface area contributed by atoms with Crippen LogP contribution in [-0.4, -0.2) is 61.1 Å². The van der Waals surface area contributed by atoms with Crippen LogP contribution in [0, 0.1) is 0 Å². The number of carbonyl (C=O) groups excluding carboxylic acids is 1. The van der Waals surface area contributed by atoms with E-state index in [1.165, 1.54) is 18.4 Å². The molecule has 3 aliphatic rings. The third kappa shape index (κ3) is 2.48. The normalized spacial score (nSPS) is 28.1. The lowest BCUT2D eigenvalue weighted by Crippen LogP contribution is -2.54. The van der Waals surface area contributed by atoms with Crippen molar-refractivity contribution in [1.82, 2.24) is 15.1 Å². The van der Waals surface area contributed by atoms with Gasteiger partial charge in [0.2, 0.25) is 0 Å². The fourth-order valence-electron chi connectivity index (χ4n) is 4.07. The second-order valence-electron chi connectivity index (χ2n) is 6.82. The molecule has 2 unspecified atom stereocenters. The number of nitrogens with zero attached hydrogens (tertiary/aromatic N) is 3. The van der Waals surface area contributed by atoms with Crippen LogP contribution in [0.2, 0.25) is 0 Å². The topological polar surface area (TPSA) is 38.8 Å². The maximum atomic E-state index is 12.5. The van der Waals surface area contributed by atoms with Crippen LogP contribution < -0.4 is 10.2 Å². The summed E-state index contributed by atoms with van der Waals surface area (Å²) in [6, 6.07) is 9.70. The van der Waals surface area contributed by atoms with Crippen molar-refractivity contribution in [3.63, 3.8) is 0 Å². The van der Waals surface area contributed by atoms with Gasteiger partial charge in [-0.1, -0.05) is 18.2 Å². The van der Waals surface area contributed by atoms with Gasteiger partial charge in [0.1, 0.15) is 0 Å². The van der Waals surface area contributed by atoms with Gasteiger partial charge in [0.05, 0.1) is 5.69 Å². The number of para-hydroxylation sites is 1. The number of rotatable bonds is 3. The average molecular weight is 300 g/mol. The highest BCUT2D eigenvalue weighted by Crippen LogP contribution is 2.28. The monoisotopic (exact) mass is 300 g/mol. The summed E-state index contributed by atoms with van der Waals surface area (Å²) < 4.78 is 0. The van der Waals surface area contributed by atoms with Crippen LogP contribution in [0.4, 0.5) is 10.5 Å². The van der Waals surface area contributed by atoms with Crippen LogP contribution in [0.25, 0.3) is 0 Å². The molecule has 0 radical (unpaired) electrons. The fraction of sp³-hybridized carbons (Fsp3) is 0.588. The van der Waals surface area contributed by atoms with Gasteiger partial charge >= 0.3 is 6.03 Å². The predicted molar refractivity (Wildman–Crippen MR) is 87.0 cm³/mol. The van der Waals surface area contributed by atoms with E-state index in [1.807, 2.05) is 22.9 Å². The first-order valence-corrected chi connectivity index (χ1v) is 8.29. The highest BCUT2D eigenvalue weighted by molar-refractivity contribution is 5.94. The summed E-state index contributed by atoms with van der Waals surface area (Å²) in [5, 5.41) is 3.66. The van der Waals surface area contributed by atoms with Gasteiger partial charge in [-0.25, -0.2) is 4.79 Å². The molecule has 3 heterocycles. The molecule has 0 spiro atoms. The largest absolute Gasteiger partial charge is 0.324 e. The Labute approximate surface area is 131 Å². The minimum absolute atomic E-state index is 0.122. The van der Waals surface area contributed by atoms with Gasteiger partial charge in [0.15, 0.2) is 0 Å². The molecular formula is C17H24N4O. The fourth-order valence-corrected chi connectivity index (χ4v) is 4.07. The first kappa shape index (κ1) is 14.0. The Kier molecular flexibility index (Phi) is 3.54. The van der Waals surface area contributed by atoms with Gasteiger partial charge in [-0.05, 0) is 24.5 Å². The Morgan fingerprint density at radius 2 is 1.86 bits per heavy atom. The number of urea groups is 1. The number of fused-ring (bicyclic) bond motifs is 3. The van der Waals surface area contributed by atoms with Crippen LogP contribution in [-0.2, 0) is 6.54 Å². The Balaban J connectivity index is 1.46. The number of hydrogen-bond donors (Lipinski definition) is 1. The second-order valence-corrected chi connectivity index (χ2v) is 6.82. The zero-order valence-electron chi connectivity index (χ0n) is 13.2. The maximum absolute atomic E-state index is 12.5. The molecule has 5 heteroatoms. The Hall–Kier alpha value is -1.59. The van der Waals surface area contributed by atoms with Crippen molar-refractivity contribution in [2.45, 2.75) is 31.5 Å². The molecule has 1 N–H and O–H groups in total. The lowest BCUT2D eigenvalue weighted by molar-refractivity contribution is 0.192. The van der Waals surface area contributed by atoms with Gasteiger partial charge in [0, 0.05) is 51.9 Å². The summed E-state index contributed by atoms with van der Waals surface area (Å²) in [5.41, 5.74) is 2.33. The number of piperazine rings is 1. The third-order valence-electron chi connectivity index (χ3n) is 5.18. The van der Waals surface area contributed by atoms with Crippen LogP contribution in [0.1, 0.15) is 18.4 Å². The Morgan fingerprint density at radius 1 is 1.14 bits per heavy atom.